The molecule has 0 aliphatic carbocycles. The van der Waals surface area contributed by atoms with Gasteiger partial charge in [0.1, 0.15) is 0 Å². The molecule has 0 aliphatic heterocycles. The third-order valence-corrected chi connectivity index (χ3v) is 4.26. The summed E-state index contributed by atoms with van der Waals surface area (Å²) >= 11 is 7.64. The van der Waals surface area contributed by atoms with Crippen LogP contribution in [0.5, 0.6) is 0 Å². The molecule has 2 heterocycles. The molecule has 20 heavy (non-hydrogen) atoms. The summed E-state index contributed by atoms with van der Waals surface area (Å²) in [6, 6.07) is 12.1. The van der Waals surface area contributed by atoms with Crippen LogP contribution in [-0.2, 0) is 0 Å². The predicted octanol–water partition coefficient (Wildman–Crippen LogP) is 4.83. The number of halogens is 1. The van der Waals surface area contributed by atoms with Crippen LogP contribution in [0.1, 0.15) is 24.2 Å². The van der Waals surface area contributed by atoms with Crippen molar-refractivity contribution in [2.24, 2.45) is 0 Å². The molecule has 1 N–H and O–H groups in total. The molecule has 1 aromatic carbocycles. The molecule has 2 aromatic heterocycles. The number of hydrogen-bond acceptors (Lipinski definition) is 4. The Labute approximate surface area is 126 Å². The van der Waals surface area contributed by atoms with E-state index in [9.17, 15) is 0 Å². The van der Waals surface area contributed by atoms with E-state index in [1.165, 1.54) is 0 Å². The topological polar surface area (TPSA) is 37.8 Å². The number of aromatic nitrogens is 2. The first-order valence-corrected chi connectivity index (χ1v) is 7.57. The smallest absolute Gasteiger partial charge is 0.185 e. The van der Waals surface area contributed by atoms with Gasteiger partial charge in [0, 0.05) is 10.7 Å². The lowest BCUT2D eigenvalue weighted by molar-refractivity contribution is 0.882. The monoisotopic (exact) mass is 303 g/mol. The van der Waals surface area contributed by atoms with Gasteiger partial charge in [-0.25, -0.2) is 9.97 Å². The van der Waals surface area contributed by atoms with Crippen LogP contribution in [-0.4, -0.2) is 9.97 Å². The number of fused-ring (bicyclic) bond motifs is 1. The highest BCUT2D eigenvalue weighted by atomic mass is 35.5. The van der Waals surface area contributed by atoms with Crippen molar-refractivity contribution in [2.75, 3.05) is 5.32 Å². The van der Waals surface area contributed by atoms with E-state index < -0.39 is 0 Å². The Bertz CT molecular complexity index is 754. The van der Waals surface area contributed by atoms with Crippen LogP contribution in [0.4, 0.5) is 5.13 Å². The average molecular weight is 304 g/mol. The first kappa shape index (κ1) is 13.3. The summed E-state index contributed by atoms with van der Waals surface area (Å²) in [5.74, 6) is 0. The van der Waals surface area contributed by atoms with Gasteiger partial charge in [0.25, 0.3) is 0 Å². The number of benzene rings is 1. The molecular weight excluding hydrogens is 290 g/mol. The van der Waals surface area contributed by atoms with Crippen molar-refractivity contribution in [3.63, 3.8) is 0 Å². The highest BCUT2D eigenvalue weighted by Crippen LogP contribution is 2.28. The maximum Gasteiger partial charge on any atom is 0.185 e. The van der Waals surface area contributed by atoms with Crippen molar-refractivity contribution in [1.82, 2.24) is 9.97 Å². The molecule has 5 heteroatoms. The van der Waals surface area contributed by atoms with E-state index >= 15 is 0 Å². The van der Waals surface area contributed by atoms with E-state index in [0.29, 0.717) is 0 Å². The van der Waals surface area contributed by atoms with Gasteiger partial charge in [0.05, 0.1) is 10.7 Å². The van der Waals surface area contributed by atoms with Gasteiger partial charge < -0.3 is 5.32 Å². The number of nitrogens with one attached hydrogen (secondary N) is 1. The molecule has 1 atom stereocenters. The largest absolute Gasteiger partial charge is 0.355 e. The van der Waals surface area contributed by atoms with Crippen LogP contribution in [0.3, 0.4) is 0 Å². The minimum absolute atomic E-state index is 0.148. The SMILES string of the molecule is Cc1ccc2sc(N[C@H](C)c3cccc(Cl)c3)nc2n1. The molecule has 0 saturated carbocycles. The van der Waals surface area contributed by atoms with Crippen LogP contribution in [0.15, 0.2) is 36.4 Å². The van der Waals surface area contributed by atoms with Gasteiger partial charge in [-0.15, -0.1) is 0 Å². The molecule has 0 radical (unpaired) electrons. The lowest BCUT2D eigenvalue weighted by Crippen LogP contribution is -2.06. The number of hydrogen-bond donors (Lipinski definition) is 1. The lowest BCUT2D eigenvalue weighted by Gasteiger charge is -2.13. The molecule has 0 unspecified atom stereocenters. The Balaban J connectivity index is 1.85. The highest BCUT2D eigenvalue weighted by molar-refractivity contribution is 7.22. The molecule has 102 valence electrons. The molecule has 0 fully saturated rings. The lowest BCUT2D eigenvalue weighted by atomic mass is 10.1. The molecule has 3 rings (SSSR count). The Morgan fingerprint density at radius 3 is 2.85 bits per heavy atom. The number of nitrogens with zero attached hydrogens (tertiary/aromatic N) is 2. The van der Waals surface area contributed by atoms with Crippen LogP contribution in [0, 0.1) is 6.92 Å². The van der Waals surface area contributed by atoms with E-state index in [1.54, 1.807) is 11.3 Å². The zero-order chi connectivity index (χ0) is 14.1. The predicted molar refractivity (Wildman–Crippen MR) is 85.6 cm³/mol. The third kappa shape index (κ3) is 2.76. The molecule has 0 saturated heterocycles. The minimum Gasteiger partial charge on any atom is -0.355 e. The summed E-state index contributed by atoms with van der Waals surface area (Å²) in [5.41, 5.74) is 2.92. The Morgan fingerprint density at radius 2 is 2.05 bits per heavy atom. The minimum atomic E-state index is 0.148. The van der Waals surface area contributed by atoms with Gasteiger partial charge >= 0.3 is 0 Å². The van der Waals surface area contributed by atoms with E-state index in [-0.39, 0.29) is 6.04 Å². The maximum absolute atomic E-state index is 6.02. The molecule has 0 amide bonds. The van der Waals surface area contributed by atoms with Gasteiger partial charge in [-0.05, 0) is 43.7 Å². The summed E-state index contributed by atoms with van der Waals surface area (Å²) < 4.78 is 1.09. The molecule has 0 aliphatic rings. The zero-order valence-corrected chi connectivity index (χ0v) is 12.8. The fourth-order valence-corrected chi connectivity index (χ4v) is 3.11. The molecule has 0 spiro atoms. The summed E-state index contributed by atoms with van der Waals surface area (Å²) in [5, 5.41) is 5.03. The quantitative estimate of drug-likeness (QED) is 0.753. The number of thiazole rings is 1. The standard InChI is InChI=1S/C15H14ClN3S/c1-9-6-7-13-14(17-9)19-15(20-13)18-10(2)11-4-3-5-12(16)8-11/h3-8,10H,1-2H3,(H,17,18,19)/t10-/m1/s1. The van der Waals surface area contributed by atoms with Gasteiger partial charge in [-0.2, -0.15) is 0 Å². The number of rotatable bonds is 3. The first-order chi connectivity index (χ1) is 9.61. The third-order valence-electron chi connectivity index (χ3n) is 3.08. The van der Waals surface area contributed by atoms with Crippen LogP contribution >= 0.6 is 22.9 Å². The summed E-state index contributed by atoms with van der Waals surface area (Å²) in [7, 11) is 0. The Kier molecular flexibility index (Phi) is 3.59. The van der Waals surface area contributed by atoms with Crippen molar-refractivity contribution in [3.8, 4) is 0 Å². The van der Waals surface area contributed by atoms with Crippen LogP contribution in [0.25, 0.3) is 10.3 Å². The van der Waals surface area contributed by atoms with Crippen molar-refractivity contribution in [2.45, 2.75) is 19.9 Å². The Hall–Kier alpha value is -1.65. The van der Waals surface area contributed by atoms with Crippen molar-refractivity contribution in [3.05, 3.63) is 52.7 Å². The van der Waals surface area contributed by atoms with Crippen LogP contribution < -0.4 is 5.32 Å². The number of aryl methyl sites for hydroxylation is 1. The maximum atomic E-state index is 6.02. The normalized spacial score (nSPS) is 12.6. The van der Waals surface area contributed by atoms with E-state index in [0.717, 1.165) is 31.8 Å². The van der Waals surface area contributed by atoms with Crippen molar-refractivity contribution < 1.29 is 0 Å². The summed E-state index contributed by atoms with van der Waals surface area (Å²) in [6.07, 6.45) is 0. The second-order valence-electron chi connectivity index (χ2n) is 4.71. The average Bonchev–Trinajstić information content (AvgIpc) is 2.80. The number of anilines is 1. The summed E-state index contributed by atoms with van der Waals surface area (Å²) in [6.45, 7) is 4.07. The fourth-order valence-electron chi connectivity index (χ4n) is 2.02. The van der Waals surface area contributed by atoms with Crippen molar-refractivity contribution >= 4 is 38.4 Å². The highest BCUT2D eigenvalue weighted by Gasteiger charge is 2.10. The Morgan fingerprint density at radius 1 is 1.20 bits per heavy atom. The second kappa shape index (κ2) is 5.38. The molecule has 3 aromatic rings. The van der Waals surface area contributed by atoms with Gasteiger partial charge in [-0.3, -0.25) is 0 Å². The van der Waals surface area contributed by atoms with Gasteiger partial charge in [0.2, 0.25) is 0 Å². The first-order valence-electron chi connectivity index (χ1n) is 6.38. The van der Waals surface area contributed by atoms with E-state index in [1.807, 2.05) is 31.2 Å². The zero-order valence-electron chi connectivity index (χ0n) is 11.2. The van der Waals surface area contributed by atoms with Gasteiger partial charge in [0.15, 0.2) is 10.8 Å². The van der Waals surface area contributed by atoms with E-state index in [2.05, 4.69) is 34.3 Å². The van der Waals surface area contributed by atoms with Gasteiger partial charge in [-0.1, -0.05) is 35.1 Å². The van der Waals surface area contributed by atoms with Crippen molar-refractivity contribution in [1.29, 1.82) is 0 Å². The second-order valence-corrected chi connectivity index (χ2v) is 6.18. The van der Waals surface area contributed by atoms with Crippen LogP contribution in [0.2, 0.25) is 5.02 Å². The molecule has 3 nitrogen and oxygen atoms in total. The van der Waals surface area contributed by atoms with E-state index in [4.69, 9.17) is 11.6 Å². The molecular formula is C15H14ClN3S. The summed E-state index contributed by atoms with van der Waals surface area (Å²) in [4.78, 5) is 8.95. The number of pyridine rings is 1. The fraction of sp³-hybridized carbons (Fsp3) is 0.200. The molecule has 0 bridgehead atoms.